The Morgan fingerprint density at radius 2 is 2.18 bits per heavy atom. The minimum Gasteiger partial charge on any atom is -0.354 e. The number of fused-ring (bicyclic) bond motifs is 1. The van der Waals surface area contributed by atoms with Crippen molar-refractivity contribution in [1.29, 1.82) is 0 Å². The van der Waals surface area contributed by atoms with E-state index in [4.69, 9.17) is 0 Å². The van der Waals surface area contributed by atoms with Gasteiger partial charge in [-0.15, -0.1) is 10.2 Å². The standard InChI is InChI=1S/C16H23N5O/c1-11(2)17-15(22)13-7-5-9-20(10-13)16-19-18-14-8-4-6-12(3)21(14)16/h4,6,8,11,13H,5,7,9-10H2,1-3H3,(H,17,22)/t13-/m1/s1. The third-order valence-corrected chi connectivity index (χ3v) is 4.11. The second kappa shape index (κ2) is 5.94. The molecule has 0 saturated carbocycles. The normalized spacial score (nSPS) is 18.9. The fourth-order valence-corrected chi connectivity index (χ4v) is 3.06. The molecule has 1 N–H and O–H groups in total. The Kier molecular flexibility index (Phi) is 4.00. The third-order valence-electron chi connectivity index (χ3n) is 4.11. The molecule has 1 aliphatic rings. The van der Waals surface area contributed by atoms with E-state index >= 15 is 0 Å². The smallest absolute Gasteiger partial charge is 0.231 e. The van der Waals surface area contributed by atoms with Crippen LogP contribution in [-0.2, 0) is 4.79 Å². The number of amides is 1. The number of nitrogens with one attached hydrogen (secondary N) is 1. The van der Waals surface area contributed by atoms with Crippen molar-refractivity contribution in [2.45, 2.75) is 39.7 Å². The molecule has 6 heteroatoms. The summed E-state index contributed by atoms with van der Waals surface area (Å²) in [7, 11) is 0. The quantitative estimate of drug-likeness (QED) is 0.938. The Balaban J connectivity index is 1.83. The van der Waals surface area contributed by atoms with Crippen molar-refractivity contribution in [3.05, 3.63) is 23.9 Å². The summed E-state index contributed by atoms with van der Waals surface area (Å²) in [5.41, 5.74) is 1.95. The van der Waals surface area contributed by atoms with Crippen LogP contribution in [0.2, 0.25) is 0 Å². The Hall–Kier alpha value is -2.11. The lowest BCUT2D eigenvalue weighted by atomic mass is 9.97. The van der Waals surface area contributed by atoms with Gasteiger partial charge in [0, 0.05) is 24.8 Å². The molecule has 0 aliphatic carbocycles. The molecular weight excluding hydrogens is 278 g/mol. The van der Waals surface area contributed by atoms with Gasteiger partial charge in [-0.2, -0.15) is 0 Å². The molecule has 0 radical (unpaired) electrons. The van der Waals surface area contributed by atoms with Crippen LogP contribution in [0.4, 0.5) is 5.95 Å². The van der Waals surface area contributed by atoms with Gasteiger partial charge in [-0.25, -0.2) is 0 Å². The molecule has 1 fully saturated rings. The molecule has 1 aliphatic heterocycles. The lowest BCUT2D eigenvalue weighted by Crippen LogP contribution is -2.45. The summed E-state index contributed by atoms with van der Waals surface area (Å²) in [4.78, 5) is 14.5. The van der Waals surface area contributed by atoms with E-state index in [0.29, 0.717) is 6.54 Å². The Labute approximate surface area is 130 Å². The van der Waals surface area contributed by atoms with Crippen LogP contribution in [-0.4, -0.2) is 39.6 Å². The van der Waals surface area contributed by atoms with Gasteiger partial charge >= 0.3 is 0 Å². The number of hydrogen-bond acceptors (Lipinski definition) is 4. The molecule has 0 unspecified atom stereocenters. The highest BCUT2D eigenvalue weighted by atomic mass is 16.2. The predicted molar refractivity (Wildman–Crippen MR) is 85.9 cm³/mol. The third kappa shape index (κ3) is 2.77. The molecule has 0 aromatic carbocycles. The van der Waals surface area contributed by atoms with Gasteiger partial charge in [-0.1, -0.05) is 6.07 Å². The van der Waals surface area contributed by atoms with Crippen molar-refractivity contribution in [3.8, 4) is 0 Å². The number of rotatable bonds is 3. The SMILES string of the molecule is Cc1cccc2nnc(N3CCC[C@@H](C(=O)NC(C)C)C3)n12. The largest absolute Gasteiger partial charge is 0.354 e. The van der Waals surface area contributed by atoms with Gasteiger partial charge in [-0.3, -0.25) is 9.20 Å². The molecule has 2 aromatic heterocycles. The summed E-state index contributed by atoms with van der Waals surface area (Å²) in [5.74, 6) is 1.01. The van der Waals surface area contributed by atoms with E-state index < -0.39 is 0 Å². The molecule has 3 heterocycles. The fraction of sp³-hybridized carbons (Fsp3) is 0.562. The lowest BCUT2D eigenvalue weighted by molar-refractivity contribution is -0.125. The number of piperidine rings is 1. The van der Waals surface area contributed by atoms with Gasteiger partial charge in [0.05, 0.1) is 5.92 Å². The summed E-state index contributed by atoms with van der Waals surface area (Å²) in [6, 6.07) is 6.17. The molecule has 0 spiro atoms. The zero-order chi connectivity index (χ0) is 15.7. The first-order valence-electron chi connectivity index (χ1n) is 7.92. The highest BCUT2D eigenvalue weighted by molar-refractivity contribution is 5.79. The maximum atomic E-state index is 12.3. The van der Waals surface area contributed by atoms with E-state index in [9.17, 15) is 4.79 Å². The average Bonchev–Trinajstić information content (AvgIpc) is 2.92. The number of nitrogens with zero attached hydrogens (tertiary/aromatic N) is 4. The molecule has 118 valence electrons. The fourth-order valence-electron chi connectivity index (χ4n) is 3.06. The van der Waals surface area contributed by atoms with Crippen molar-refractivity contribution < 1.29 is 4.79 Å². The van der Waals surface area contributed by atoms with Crippen LogP contribution in [0, 0.1) is 12.8 Å². The molecule has 1 atom stereocenters. The van der Waals surface area contributed by atoms with Crippen molar-refractivity contribution in [2.75, 3.05) is 18.0 Å². The molecule has 0 bridgehead atoms. The van der Waals surface area contributed by atoms with Gasteiger partial charge in [0.15, 0.2) is 5.65 Å². The van der Waals surface area contributed by atoms with Crippen LogP contribution in [0.25, 0.3) is 5.65 Å². The molecule has 1 amide bonds. The van der Waals surface area contributed by atoms with Gasteiger partial charge in [-0.05, 0) is 45.7 Å². The average molecular weight is 301 g/mol. The molecule has 1 saturated heterocycles. The zero-order valence-corrected chi connectivity index (χ0v) is 13.4. The summed E-state index contributed by atoms with van der Waals surface area (Å²) in [6.07, 6.45) is 1.93. The van der Waals surface area contributed by atoms with E-state index in [1.165, 1.54) is 0 Å². The van der Waals surface area contributed by atoms with E-state index in [2.05, 4.69) is 24.8 Å². The predicted octanol–water partition coefficient (Wildman–Crippen LogP) is 1.78. The summed E-state index contributed by atoms with van der Waals surface area (Å²) in [5, 5.41) is 11.6. The van der Waals surface area contributed by atoms with Gasteiger partial charge in [0.25, 0.3) is 0 Å². The van der Waals surface area contributed by atoms with Crippen LogP contribution in [0.15, 0.2) is 18.2 Å². The van der Waals surface area contributed by atoms with E-state index in [1.54, 1.807) is 0 Å². The van der Waals surface area contributed by atoms with Crippen LogP contribution >= 0.6 is 0 Å². The number of aryl methyl sites for hydroxylation is 1. The first-order chi connectivity index (χ1) is 10.6. The number of anilines is 1. The second-order valence-corrected chi connectivity index (χ2v) is 6.31. The van der Waals surface area contributed by atoms with Crippen LogP contribution < -0.4 is 10.2 Å². The van der Waals surface area contributed by atoms with Gasteiger partial charge < -0.3 is 10.2 Å². The number of hydrogen-bond donors (Lipinski definition) is 1. The van der Waals surface area contributed by atoms with Crippen LogP contribution in [0.1, 0.15) is 32.4 Å². The highest BCUT2D eigenvalue weighted by Crippen LogP contribution is 2.23. The maximum absolute atomic E-state index is 12.3. The molecule has 22 heavy (non-hydrogen) atoms. The van der Waals surface area contributed by atoms with E-state index in [0.717, 1.165) is 36.7 Å². The first kappa shape index (κ1) is 14.8. The molecule has 6 nitrogen and oxygen atoms in total. The van der Waals surface area contributed by atoms with E-state index in [-0.39, 0.29) is 17.9 Å². The zero-order valence-electron chi connectivity index (χ0n) is 13.4. The van der Waals surface area contributed by atoms with Crippen molar-refractivity contribution in [2.24, 2.45) is 5.92 Å². The van der Waals surface area contributed by atoms with E-state index in [1.807, 2.05) is 39.0 Å². The number of aromatic nitrogens is 3. The Bertz CT molecular complexity index is 678. The minimum absolute atomic E-state index is 0.0209. The minimum atomic E-state index is 0.0209. The molecule has 2 aromatic rings. The first-order valence-corrected chi connectivity index (χ1v) is 7.92. The second-order valence-electron chi connectivity index (χ2n) is 6.31. The Morgan fingerprint density at radius 1 is 1.36 bits per heavy atom. The lowest BCUT2D eigenvalue weighted by Gasteiger charge is -2.32. The molecular formula is C16H23N5O. The summed E-state index contributed by atoms with van der Waals surface area (Å²) in [6.45, 7) is 7.66. The maximum Gasteiger partial charge on any atom is 0.231 e. The topological polar surface area (TPSA) is 62.5 Å². The monoisotopic (exact) mass is 301 g/mol. The number of pyridine rings is 1. The van der Waals surface area contributed by atoms with Crippen molar-refractivity contribution in [3.63, 3.8) is 0 Å². The van der Waals surface area contributed by atoms with Crippen molar-refractivity contribution >= 4 is 17.5 Å². The summed E-state index contributed by atoms with van der Waals surface area (Å²) >= 11 is 0. The molecule has 3 rings (SSSR count). The van der Waals surface area contributed by atoms with Crippen LogP contribution in [0.5, 0.6) is 0 Å². The summed E-state index contributed by atoms with van der Waals surface area (Å²) < 4.78 is 2.06. The van der Waals surface area contributed by atoms with Crippen LogP contribution in [0.3, 0.4) is 0 Å². The number of carbonyl (C=O) groups is 1. The number of carbonyl (C=O) groups excluding carboxylic acids is 1. The Morgan fingerprint density at radius 3 is 2.95 bits per heavy atom. The van der Waals surface area contributed by atoms with Gasteiger partial charge in [0.2, 0.25) is 11.9 Å². The van der Waals surface area contributed by atoms with Crippen molar-refractivity contribution in [1.82, 2.24) is 19.9 Å². The van der Waals surface area contributed by atoms with Gasteiger partial charge in [0.1, 0.15) is 0 Å². The highest BCUT2D eigenvalue weighted by Gasteiger charge is 2.28.